The predicted molar refractivity (Wildman–Crippen MR) is 73.9 cm³/mol. The van der Waals surface area contributed by atoms with E-state index < -0.39 is 0 Å². The highest BCUT2D eigenvalue weighted by Crippen LogP contribution is 2.39. The molecule has 1 aromatic heterocycles. The number of phenolic OH excluding ortho intramolecular Hbond substituents is 1. The van der Waals surface area contributed by atoms with Crippen molar-refractivity contribution in [2.24, 2.45) is 5.73 Å². The largest absolute Gasteiger partial charge is 0.507 e. The molecule has 0 radical (unpaired) electrons. The summed E-state index contributed by atoms with van der Waals surface area (Å²) in [6, 6.07) is 11.5. The second-order valence-electron chi connectivity index (χ2n) is 4.50. The SMILES string of the molecule is Cl.N[C@H]1C[C@@H]1c1ccc(-c2ccccc2O)nc1. The van der Waals surface area contributed by atoms with Crippen LogP contribution in [0.4, 0.5) is 0 Å². The van der Waals surface area contributed by atoms with E-state index in [4.69, 9.17) is 5.73 Å². The number of hydrogen-bond acceptors (Lipinski definition) is 3. The van der Waals surface area contributed by atoms with E-state index in [-0.39, 0.29) is 18.2 Å². The molecule has 2 aromatic rings. The molecule has 1 fully saturated rings. The lowest BCUT2D eigenvalue weighted by atomic mass is 10.1. The molecule has 18 heavy (non-hydrogen) atoms. The summed E-state index contributed by atoms with van der Waals surface area (Å²) >= 11 is 0. The number of pyridine rings is 1. The van der Waals surface area contributed by atoms with E-state index in [9.17, 15) is 5.11 Å². The van der Waals surface area contributed by atoms with Crippen LogP contribution in [0.25, 0.3) is 11.3 Å². The van der Waals surface area contributed by atoms with Gasteiger partial charge in [-0.05, 0) is 30.2 Å². The molecular weight excluding hydrogens is 248 g/mol. The first-order valence-electron chi connectivity index (χ1n) is 5.75. The van der Waals surface area contributed by atoms with Crippen molar-refractivity contribution >= 4 is 12.4 Å². The van der Waals surface area contributed by atoms with Gasteiger partial charge in [0, 0.05) is 23.7 Å². The molecule has 1 heterocycles. The minimum atomic E-state index is 0. The van der Waals surface area contributed by atoms with Crippen molar-refractivity contribution in [2.45, 2.75) is 18.4 Å². The Morgan fingerprint density at radius 1 is 1.17 bits per heavy atom. The van der Waals surface area contributed by atoms with E-state index >= 15 is 0 Å². The summed E-state index contributed by atoms with van der Waals surface area (Å²) < 4.78 is 0. The van der Waals surface area contributed by atoms with Crippen LogP contribution in [0.2, 0.25) is 0 Å². The summed E-state index contributed by atoms with van der Waals surface area (Å²) in [4.78, 5) is 4.39. The Balaban J connectivity index is 0.00000120. The Labute approximate surface area is 112 Å². The number of phenols is 1. The second-order valence-corrected chi connectivity index (χ2v) is 4.50. The molecule has 0 amide bonds. The van der Waals surface area contributed by atoms with Crippen LogP contribution in [-0.4, -0.2) is 16.1 Å². The normalized spacial score (nSPS) is 21.2. The van der Waals surface area contributed by atoms with Gasteiger partial charge in [0.25, 0.3) is 0 Å². The van der Waals surface area contributed by atoms with Gasteiger partial charge in [-0.2, -0.15) is 0 Å². The maximum Gasteiger partial charge on any atom is 0.124 e. The highest BCUT2D eigenvalue weighted by molar-refractivity contribution is 5.85. The minimum Gasteiger partial charge on any atom is -0.507 e. The van der Waals surface area contributed by atoms with Crippen LogP contribution in [0.5, 0.6) is 5.75 Å². The number of aromatic hydroxyl groups is 1. The average Bonchev–Trinajstić information content (AvgIpc) is 3.07. The van der Waals surface area contributed by atoms with Crippen molar-refractivity contribution in [3.8, 4) is 17.0 Å². The molecule has 3 rings (SSSR count). The summed E-state index contributed by atoms with van der Waals surface area (Å²) in [5.74, 6) is 0.733. The van der Waals surface area contributed by atoms with Gasteiger partial charge in [0.15, 0.2) is 0 Å². The van der Waals surface area contributed by atoms with Gasteiger partial charge in [-0.25, -0.2) is 0 Å². The number of aromatic nitrogens is 1. The fourth-order valence-electron chi connectivity index (χ4n) is 2.07. The highest BCUT2D eigenvalue weighted by Gasteiger charge is 2.34. The fraction of sp³-hybridized carbons (Fsp3) is 0.214. The lowest BCUT2D eigenvalue weighted by molar-refractivity contribution is 0.477. The van der Waals surface area contributed by atoms with Gasteiger partial charge in [-0.3, -0.25) is 4.98 Å². The number of nitrogens with two attached hydrogens (primary N) is 1. The van der Waals surface area contributed by atoms with E-state index in [1.54, 1.807) is 12.1 Å². The lowest BCUT2D eigenvalue weighted by Crippen LogP contribution is -2.01. The van der Waals surface area contributed by atoms with Gasteiger partial charge in [-0.15, -0.1) is 12.4 Å². The molecule has 4 heteroatoms. The monoisotopic (exact) mass is 262 g/mol. The summed E-state index contributed by atoms with van der Waals surface area (Å²) in [6.45, 7) is 0. The van der Waals surface area contributed by atoms with E-state index in [1.165, 1.54) is 5.56 Å². The minimum absolute atomic E-state index is 0. The first kappa shape index (κ1) is 12.9. The Kier molecular flexibility index (Phi) is 3.55. The molecule has 0 aliphatic heterocycles. The smallest absolute Gasteiger partial charge is 0.124 e. The average molecular weight is 263 g/mol. The fourth-order valence-corrected chi connectivity index (χ4v) is 2.07. The lowest BCUT2D eigenvalue weighted by Gasteiger charge is -2.04. The third-order valence-corrected chi connectivity index (χ3v) is 3.23. The van der Waals surface area contributed by atoms with Crippen LogP contribution in [0.1, 0.15) is 17.9 Å². The van der Waals surface area contributed by atoms with E-state index in [2.05, 4.69) is 4.98 Å². The van der Waals surface area contributed by atoms with Gasteiger partial charge < -0.3 is 10.8 Å². The number of halogens is 1. The van der Waals surface area contributed by atoms with Gasteiger partial charge in [0.2, 0.25) is 0 Å². The quantitative estimate of drug-likeness (QED) is 0.875. The van der Waals surface area contributed by atoms with Crippen molar-refractivity contribution < 1.29 is 5.11 Å². The van der Waals surface area contributed by atoms with Crippen LogP contribution < -0.4 is 5.73 Å². The molecule has 3 nitrogen and oxygen atoms in total. The summed E-state index contributed by atoms with van der Waals surface area (Å²) in [7, 11) is 0. The molecule has 0 unspecified atom stereocenters. The molecule has 1 aliphatic rings. The third kappa shape index (κ3) is 2.33. The first-order chi connectivity index (χ1) is 8.25. The van der Waals surface area contributed by atoms with Gasteiger partial charge in [-0.1, -0.05) is 18.2 Å². The number of hydrogen-bond donors (Lipinski definition) is 2. The topological polar surface area (TPSA) is 59.1 Å². The molecule has 0 spiro atoms. The molecule has 94 valence electrons. The molecule has 2 atom stereocenters. The number of benzene rings is 1. The molecule has 1 saturated carbocycles. The number of nitrogens with zero attached hydrogens (tertiary/aromatic N) is 1. The van der Waals surface area contributed by atoms with Gasteiger partial charge >= 0.3 is 0 Å². The zero-order valence-corrected chi connectivity index (χ0v) is 10.6. The highest BCUT2D eigenvalue weighted by atomic mass is 35.5. The zero-order valence-electron chi connectivity index (χ0n) is 9.78. The maximum absolute atomic E-state index is 9.74. The standard InChI is InChI=1S/C14H14N2O.ClH/c15-12-7-11(12)9-5-6-13(16-8-9)10-3-1-2-4-14(10)17;/h1-6,8,11-12,17H,7,15H2;1H/t11-,12+;/m1./s1. The van der Waals surface area contributed by atoms with Gasteiger partial charge in [0.1, 0.15) is 5.75 Å². The zero-order chi connectivity index (χ0) is 11.8. The number of rotatable bonds is 2. The van der Waals surface area contributed by atoms with Crippen LogP contribution in [-0.2, 0) is 0 Å². The summed E-state index contributed by atoms with van der Waals surface area (Å²) in [5.41, 5.74) is 8.55. The van der Waals surface area contributed by atoms with Crippen molar-refractivity contribution in [1.29, 1.82) is 0 Å². The molecule has 0 bridgehead atoms. The summed E-state index contributed by atoms with van der Waals surface area (Å²) in [5, 5.41) is 9.74. The first-order valence-corrected chi connectivity index (χ1v) is 5.75. The van der Waals surface area contributed by atoms with Crippen LogP contribution in [0.3, 0.4) is 0 Å². The Hall–Kier alpha value is -1.58. The second kappa shape index (κ2) is 4.96. The van der Waals surface area contributed by atoms with Crippen molar-refractivity contribution in [3.63, 3.8) is 0 Å². The van der Waals surface area contributed by atoms with Crippen LogP contribution in [0, 0.1) is 0 Å². The van der Waals surface area contributed by atoms with E-state index in [1.807, 2.05) is 30.5 Å². The Morgan fingerprint density at radius 3 is 2.44 bits per heavy atom. The van der Waals surface area contributed by atoms with E-state index in [0.717, 1.165) is 17.7 Å². The van der Waals surface area contributed by atoms with Crippen LogP contribution >= 0.6 is 12.4 Å². The number of para-hydroxylation sites is 1. The van der Waals surface area contributed by atoms with Crippen molar-refractivity contribution in [2.75, 3.05) is 0 Å². The Morgan fingerprint density at radius 2 is 1.89 bits per heavy atom. The van der Waals surface area contributed by atoms with Crippen molar-refractivity contribution in [3.05, 3.63) is 48.2 Å². The molecule has 3 N–H and O–H groups in total. The van der Waals surface area contributed by atoms with E-state index in [0.29, 0.717) is 12.0 Å². The van der Waals surface area contributed by atoms with Gasteiger partial charge in [0.05, 0.1) is 5.69 Å². The third-order valence-electron chi connectivity index (χ3n) is 3.23. The van der Waals surface area contributed by atoms with Crippen molar-refractivity contribution in [1.82, 2.24) is 4.98 Å². The molecule has 1 aliphatic carbocycles. The summed E-state index contributed by atoms with van der Waals surface area (Å²) in [6.07, 6.45) is 2.91. The molecule has 0 saturated heterocycles. The Bertz CT molecular complexity index is 542. The molecule has 1 aromatic carbocycles. The van der Waals surface area contributed by atoms with Crippen LogP contribution in [0.15, 0.2) is 42.6 Å². The molecular formula is C14H15ClN2O. The maximum atomic E-state index is 9.74. The predicted octanol–water partition coefficient (Wildman–Crippen LogP) is 2.69.